The number of thioether (sulfide) groups is 1. The lowest BCUT2D eigenvalue weighted by atomic mass is 10.1. The van der Waals surface area contributed by atoms with Gasteiger partial charge in [-0.2, -0.15) is 11.8 Å². The first kappa shape index (κ1) is 12.6. The highest BCUT2D eigenvalue weighted by Crippen LogP contribution is 2.33. The van der Waals surface area contributed by atoms with Crippen LogP contribution in [0.2, 0.25) is 0 Å². The highest BCUT2D eigenvalue weighted by molar-refractivity contribution is 8.00. The van der Waals surface area contributed by atoms with Gasteiger partial charge in [0.15, 0.2) is 0 Å². The van der Waals surface area contributed by atoms with Crippen molar-refractivity contribution in [3.8, 4) is 5.75 Å². The van der Waals surface area contributed by atoms with Crippen molar-refractivity contribution in [2.24, 2.45) is 0 Å². The predicted molar refractivity (Wildman–Crippen MR) is 76.4 cm³/mol. The first-order valence-corrected chi connectivity index (χ1v) is 7.20. The molecule has 0 amide bonds. The molecule has 1 fully saturated rings. The Morgan fingerprint density at radius 2 is 2.12 bits per heavy atom. The second-order valence-corrected chi connectivity index (χ2v) is 6.19. The Hall–Kier alpha value is -0.830. The summed E-state index contributed by atoms with van der Waals surface area (Å²) in [6.07, 6.45) is 1.25. The molecule has 0 aliphatic carbocycles. The highest BCUT2D eigenvalue weighted by atomic mass is 32.2. The molecule has 2 atom stereocenters. The fraction of sp³-hybridized carbons (Fsp3) is 0.571. The maximum absolute atomic E-state index is 5.46. The van der Waals surface area contributed by atoms with Crippen LogP contribution in [0.15, 0.2) is 12.1 Å². The third-order valence-electron chi connectivity index (χ3n) is 3.52. The van der Waals surface area contributed by atoms with E-state index in [4.69, 9.17) is 4.74 Å². The number of nitrogens with one attached hydrogen (secondary N) is 1. The van der Waals surface area contributed by atoms with Crippen LogP contribution >= 0.6 is 11.8 Å². The molecule has 0 spiro atoms. The number of ether oxygens (including phenoxy) is 1. The SMILES string of the molecule is COc1c(C)ccc(NC2CCSC2C)c1C. The van der Waals surface area contributed by atoms with Crippen molar-refractivity contribution in [3.05, 3.63) is 23.3 Å². The van der Waals surface area contributed by atoms with Crippen molar-refractivity contribution in [3.63, 3.8) is 0 Å². The summed E-state index contributed by atoms with van der Waals surface area (Å²) in [4.78, 5) is 0. The topological polar surface area (TPSA) is 21.3 Å². The third-order valence-corrected chi connectivity index (χ3v) is 4.85. The van der Waals surface area contributed by atoms with E-state index in [1.807, 2.05) is 11.8 Å². The van der Waals surface area contributed by atoms with Crippen LogP contribution in [0.4, 0.5) is 5.69 Å². The number of anilines is 1. The lowest BCUT2D eigenvalue weighted by Gasteiger charge is -2.21. The summed E-state index contributed by atoms with van der Waals surface area (Å²) in [6.45, 7) is 6.51. The van der Waals surface area contributed by atoms with E-state index in [9.17, 15) is 0 Å². The van der Waals surface area contributed by atoms with Crippen LogP contribution in [0, 0.1) is 13.8 Å². The van der Waals surface area contributed by atoms with Crippen LogP contribution in [-0.4, -0.2) is 24.2 Å². The second-order valence-electron chi connectivity index (χ2n) is 4.70. The Morgan fingerprint density at radius 3 is 2.71 bits per heavy atom. The quantitative estimate of drug-likeness (QED) is 0.886. The molecule has 3 heteroatoms. The van der Waals surface area contributed by atoms with Crippen molar-refractivity contribution in [1.82, 2.24) is 0 Å². The van der Waals surface area contributed by atoms with Crippen LogP contribution < -0.4 is 10.1 Å². The number of hydrogen-bond acceptors (Lipinski definition) is 3. The Bertz CT molecular complexity index is 405. The van der Waals surface area contributed by atoms with Crippen molar-refractivity contribution in [1.29, 1.82) is 0 Å². The van der Waals surface area contributed by atoms with Crippen molar-refractivity contribution < 1.29 is 4.74 Å². The van der Waals surface area contributed by atoms with Gasteiger partial charge in [0.05, 0.1) is 7.11 Å². The third kappa shape index (κ3) is 2.54. The molecule has 0 aromatic heterocycles. The Kier molecular flexibility index (Phi) is 3.87. The van der Waals surface area contributed by atoms with Crippen LogP contribution in [0.3, 0.4) is 0 Å². The van der Waals surface area contributed by atoms with E-state index in [0.717, 1.165) is 5.75 Å². The van der Waals surface area contributed by atoms with Gasteiger partial charge in [0.1, 0.15) is 5.75 Å². The van der Waals surface area contributed by atoms with E-state index in [2.05, 4.69) is 38.2 Å². The molecule has 1 aliphatic heterocycles. The minimum absolute atomic E-state index is 0.589. The molecule has 0 bridgehead atoms. The van der Waals surface area contributed by atoms with Crippen molar-refractivity contribution in [2.45, 2.75) is 38.5 Å². The fourth-order valence-electron chi connectivity index (χ4n) is 2.42. The van der Waals surface area contributed by atoms with E-state index in [1.165, 1.54) is 29.0 Å². The number of benzene rings is 1. The fourth-order valence-corrected chi connectivity index (χ4v) is 3.62. The zero-order valence-corrected chi connectivity index (χ0v) is 11.9. The van der Waals surface area contributed by atoms with Crippen LogP contribution in [-0.2, 0) is 0 Å². The van der Waals surface area contributed by atoms with Crippen LogP contribution in [0.1, 0.15) is 24.5 Å². The number of aryl methyl sites for hydroxylation is 1. The molecule has 1 N–H and O–H groups in total. The van der Waals surface area contributed by atoms with E-state index in [1.54, 1.807) is 7.11 Å². The lowest BCUT2D eigenvalue weighted by molar-refractivity contribution is 0.409. The van der Waals surface area contributed by atoms with Gasteiger partial charge in [0.2, 0.25) is 0 Å². The van der Waals surface area contributed by atoms with Crippen molar-refractivity contribution >= 4 is 17.4 Å². The number of rotatable bonds is 3. The molecule has 17 heavy (non-hydrogen) atoms. The van der Waals surface area contributed by atoms with Gasteiger partial charge in [-0.1, -0.05) is 13.0 Å². The first-order valence-electron chi connectivity index (χ1n) is 6.16. The standard InChI is InChI=1S/C14H21NOS/c1-9-5-6-12(10(2)14(9)16-4)15-13-7-8-17-11(13)3/h5-6,11,13,15H,7-8H2,1-4H3. The molecular weight excluding hydrogens is 230 g/mol. The first-order chi connectivity index (χ1) is 8.13. The Morgan fingerprint density at radius 1 is 1.35 bits per heavy atom. The molecule has 1 aliphatic rings. The zero-order chi connectivity index (χ0) is 12.4. The smallest absolute Gasteiger partial charge is 0.126 e. The summed E-state index contributed by atoms with van der Waals surface area (Å²) < 4.78 is 5.46. The van der Waals surface area contributed by atoms with Gasteiger partial charge in [-0.3, -0.25) is 0 Å². The van der Waals surface area contributed by atoms with E-state index in [-0.39, 0.29) is 0 Å². The van der Waals surface area contributed by atoms with Crippen LogP contribution in [0.25, 0.3) is 0 Å². The molecule has 94 valence electrons. The minimum Gasteiger partial charge on any atom is -0.496 e. The van der Waals surface area contributed by atoms with E-state index in [0.29, 0.717) is 11.3 Å². The van der Waals surface area contributed by atoms with E-state index < -0.39 is 0 Å². The summed E-state index contributed by atoms with van der Waals surface area (Å²) in [5, 5.41) is 4.36. The predicted octanol–water partition coefficient (Wildman–Crippen LogP) is 3.62. The molecule has 1 heterocycles. The number of hydrogen-bond donors (Lipinski definition) is 1. The summed E-state index contributed by atoms with van der Waals surface area (Å²) in [6, 6.07) is 4.88. The zero-order valence-electron chi connectivity index (χ0n) is 11.0. The largest absolute Gasteiger partial charge is 0.496 e. The summed E-state index contributed by atoms with van der Waals surface area (Å²) in [7, 11) is 1.74. The molecule has 0 radical (unpaired) electrons. The lowest BCUT2D eigenvalue weighted by Crippen LogP contribution is -2.25. The molecule has 0 saturated carbocycles. The highest BCUT2D eigenvalue weighted by Gasteiger charge is 2.24. The van der Waals surface area contributed by atoms with Gasteiger partial charge >= 0.3 is 0 Å². The van der Waals surface area contributed by atoms with Gasteiger partial charge in [-0.15, -0.1) is 0 Å². The normalized spacial score (nSPS) is 23.8. The maximum Gasteiger partial charge on any atom is 0.126 e. The average molecular weight is 251 g/mol. The molecule has 1 aromatic rings. The maximum atomic E-state index is 5.46. The van der Waals surface area contributed by atoms with Gasteiger partial charge in [-0.05, 0) is 37.7 Å². The second kappa shape index (κ2) is 5.21. The molecule has 2 nitrogen and oxygen atoms in total. The molecule has 2 unspecified atom stereocenters. The summed E-state index contributed by atoms with van der Waals surface area (Å²) in [5.41, 5.74) is 3.63. The monoisotopic (exact) mass is 251 g/mol. The summed E-state index contributed by atoms with van der Waals surface area (Å²) >= 11 is 2.05. The minimum atomic E-state index is 0.589. The average Bonchev–Trinajstić information content (AvgIpc) is 2.69. The van der Waals surface area contributed by atoms with Crippen molar-refractivity contribution in [2.75, 3.05) is 18.2 Å². The van der Waals surface area contributed by atoms with Gasteiger partial charge in [0, 0.05) is 22.5 Å². The van der Waals surface area contributed by atoms with Gasteiger partial charge < -0.3 is 10.1 Å². The number of methoxy groups -OCH3 is 1. The van der Waals surface area contributed by atoms with Gasteiger partial charge in [-0.25, -0.2) is 0 Å². The molecule has 1 aromatic carbocycles. The molecule has 1 saturated heterocycles. The van der Waals surface area contributed by atoms with E-state index >= 15 is 0 Å². The summed E-state index contributed by atoms with van der Waals surface area (Å²) in [5.74, 6) is 2.27. The van der Waals surface area contributed by atoms with Gasteiger partial charge in [0.25, 0.3) is 0 Å². The Labute approximate surface area is 108 Å². The Balaban J connectivity index is 2.21. The van der Waals surface area contributed by atoms with Crippen LogP contribution in [0.5, 0.6) is 5.75 Å². The molecular formula is C14H21NOS. The molecule has 2 rings (SSSR count).